The molecule has 0 saturated carbocycles. The molecule has 0 bridgehead atoms. The molecule has 1 amide bonds. The highest BCUT2D eigenvalue weighted by molar-refractivity contribution is 6.00. The predicted octanol–water partition coefficient (Wildman–Crippen LogP) is 1.24. The van der Waals surface area contributed by atoms with Crippen LogP contribution in [0, 0.1) is 0 Å². The second-order valence-electron chi connectivity index (χ2n) is 4.04. The number of rotatable bonds is 2. The summed E-state index contributed by atoms with van der Waals surface area (Å²) < 4.78 is 5.45. The Balaban J connectivity index is 2.62. The van der Waals surface area contributed by atoms with E-state index in [2.05, 4.69) is 5.32 Å². The second kappa shape index (κ2) is 4.08. The number of carbonyl (C=O) groups is 2. The van der Waals surface area contributed by atoms with Crippen LogP contribution < -0.4 is 10.1 Å². The maximum atomic E-state index is 11.7. The van der Waals surface area contributed by atoms with Gasteiger partial charge in [-0.2, -0.15) is 0 Å². The lowest BCUT2D eigenvalue weighted by atomic mass is 9.97. The number of carboxylic acids is 1. The van der Waals surface area contributed by atoms with Crippen LogP contribution in [0.25, 0.3) is 0 Å². The number of hydrogen-bond donors (Lipinski definition) is 2. The third-order valence-corrected chi connectivity index (χ3v) is 2.84. The van der Waals surface area contributed by atoms with Crippen molar-refractivity contribution in [1.82, 2.24) is 5.32 Å². The van der Waals surface area contributed by atoms with Gasteiger partial charge in [0.1, 0.15) is 5.75 Å². The smallest absolute Gasteiger partial charge is 0.335 e. The van der Waals surface area contributed by atoms with Crippen LogP contribution in [0.1, 0.15) is 39.1 Å². The third-order valence-electron chi connectivity index (χ3n) is 2.84. The van der Waals surface area contributed by atoms with Gasteiger partial charge >= 0.3 is 5.97 Å². The number of fused-ring (bicyclic) bond motifs is 1. The minimum absolute atomic E-state index is 0.104. The molecule has 1 atom stereocenters. The molecule has 0 aromatic heterocycles. The lowest BCUT2D eigenvalue weighted by molar-refractivity contribution is 0.0697. The van der Waals surface area contributed by atoms with Crippen LogP contribution in [0.3, 0.4) is 0 Å². The summed E-state index contributed by atoms with van der Waals surface area (Å²) in [6.45, 7) is 2.41. The molecule has 1 aliphatic rings. The summed E-state index contributed by atoms with van der Waals surface area (Å²) in [6, 6.07) is 2.92. The molecular weight excluding hydrogens is 222 g/mol. The van der Waals surface area contributed by atoms with Crippen molar-refractivity contribution < 1.29 is 19.4 Å². The molecule has 0 unspecified atom stereocenters. The first-order chi connectivity index (χ1) is 8.04. The summed E-state index contributed by atoms with van der Waals surface area (Å²) in [5.74, 6) is -0.773. The quantitative estimate of drug-likeness (QED) is 0.808. The number of carboxylic acid groups (broad SMARTS) is 1. The van der Waals surface area contributed by atoms with Crippen LogP contribution in [0.4, 0.5) is 0 Å². The highest BCUT2D eigenvalue weighted by atomic mass is 16.5. The van der Waals surface area contributed by atoms with E-state index in [-0.39, 0.29) is 23.0 Å². The van der Waals surface area contributed by atoms with Crippen LogP contribution in [0.2, 0.25) is 0 Å². The minimum atomic E-state index is -1.04. The summed E-state index contributed by atoms with van der Waals surface area (Å²) in [7, 11) is 1.50. The largest absolute Gasteiger partial charge is 0.492 e. The number of nitrogens with one attached hydrogen (secondary N) is 1. The molecule has 2 rings (SSSR count). The van der Waals surface area contributed by atoms with E-state index in [1.54, 1.807) is 6.07 Å². The molecule has 0 fully saturated rings. The average molecular weight is 235 g/mol. The Kier molecular flexibility index (Phi) is 2.75. The molecular formula is C12H13NO4. The molecule has 17 heavy (non-hydrogen) atoms. The van der Waals surface area contributed by atoms with Gasteiger partial charge in [-0.05, 0) is 12.1 Å². The Hall–Kier alpha value is -2.04. The first-order valence-electron chi connectivity index (χ1n) is 5.30. The van der Waals surface area contributed by atoms with Crippen LogP contribution in [0.15, 0.2) is 12.1 Å². The maximum absolute atomic E-state index is 11.7. The van der Waals surface area contributed by atoms with Gasteiger partial charge in [0.2, 0.25) is 0 Å². The van der Waals surface area contributed by atoms with E-state index >= 15 is 0 Å². The topological polar surface area (TPSA) is 75.6 Å². The molecule has 90 valence electrons. The number of benzene rings is 1. The van der Waals surface area contributed by atoms with Crippen molar-refractivity contribution in [2.75, 3.05) is 13.7 Å². The van der Waals surface area contributed by atoms with Gasteiger partial charge in [-0.15, -0.1) is 0 Å². The lowest BCUT2D eigenvalue weighted by Gasteiger charge is -2.08. The summed E-state index contributed by atoms with van der Waals surface area (Å²) >= 11 is 0. The van der Waals surface area contributed by atoms with Gasteiger partial charge in [0.05, 0.1) is 17.7 Å². The van der Waals surface area contributed by atoms with Crippen molar-refractivity contribution in [1.29, 1.82) is 0 Å². The molecule has 5 nitrogen and oxygen atoms in total. The predicted molar refractivity (Wildman–Crippen MR) is 60.7 cm³/mol. The highest BCUT2D eigenvalue weighted by Gasteiger charge is 2.27. The first kappa shape index (κ1) is 11.4. The van der Waals surface area contributed by atoms with Crippen molar-refractivity contribution >= 4 is 11.9 Å². The molecule has 2 N–H and O–H groups in total. The summed E-state index contributed by atoms with van der Waals surface area (Å²) in [4.78, 5) is 22.7. The number of hydrogen-bond acceptors (Lipinski definition) is 3. The maximum Gasteiger partial charge on any atom is 0.335 e. The molecule has 1 aliphatic heterocycles. The zero-order valence-corrected chi connectivity index (χ0v) is 9.61. The van der Waals surface area contributed by atoms with Crippen molar-refractivity contribution in [3.05, 3.63) is 28.8 Å². The normalized spacial score (nSPS) is 17.2. The van der Waals surface area contributed by atoms with Gasteiger partial charge in [-0.3, -0.25) is 4.79 Å². The van der Waals surface area contributed by atoms with E-state index in [1.165, 1.54) is 13.1 Å². The zero-order valence-electron chi connectivity index (χ0n) is 9.61. The first-order valence-corrected chi connectivity index (χ1v) is 5.30. The molecule has 0 spiro atoms. The second-order valence-corrected chi connectivity index (χ2v) is 4.04. The summed E-state index contributed by atoms with van der Waals surface area (Å²) in [5, 5.41) is 11.5. The fourth-order valence-corrected chi connectivity index (χ4v) is 1.90. The van der Waals surface area contributed by atoms with Crippen molar-refractivity contribution in [3.63, 3.8) is 0 Å². The van der Waals surface area contributed by atoms with Gasteiger partial charge in [0.25, 0.3) is 5.91 Å². The van der Waals surface area contributed by atoms with E-state index in [0.29, 0.717) is 12.4 Å². The summed E-state index contributed by atoms with van der Waals surface area (Å²) in [6.07, 6.45) is 0. The standard InChI is InChI=1S/C12H13NO4/c1-6-5-17-10-8(6)3-7(12(15)16)4-9(10)11(14)13-2/h3-4,6H,5H2,1-2H3,(H,13,14)(H,15,16)/t6-/m1/s1. The van der Waals surface area contributed by atoms with Crippen molar-refractivity contribution in [2.24, 2.45) is 0 Å². The number of aromatic carboxylic acids is 1. The van der Waals surface area contributed by atoms with E-state index in [4.69, 9.17) is 9.84 Å². The fraction of sp³-hybridized carbons (Fsp3) is 0.333. The Labute approximate surface area is 98.4 Å². The molecule has 5 heteroatoms. The molecule has 0 saturated heterocycles. The fourth-order valence-electron chi connectivity index (χ4n) is 1.90. The minimum Gasteiger partial charge on any atom is -0.492 e. The number of carbonyl (C=O) groups excluding carboxylic acids is 1. The molecule has 1 heterocycles. The zero-order chi connectivity index (χ0) is 12.6. The van der Waals surface area contributed by atoms with Gasteiger partial charge in [-0.1, -0.05) is 6.92 Å². The number of ether oxygens (including phenoxy) is 1. The Bertz CT molecular complexity index is 496. The third kappa shape index (κ3) is 1.84. The van der Waals surface area contributed by atoms with Gasteiger partial charge in [0.15, 0.2) is 0 Å². The molecule has 0 radical (unpaired) electrons. The van der Waals surface area contributed by atoms with E-state index in [1.807, 2.05) is 6.92 Å². The van der Waals surface area contributed by atoms with Gasteiger partial charge in [-0.25, -0.2) is 4.79 Å². The highest BCUT2D eigenvalue weighted by Crippen LogP contribution is 2.37. The van der Waals surface area contributed by atoms with E-state index < -0.39 is 5.97 Å². The summed E-state index contributed by atoms with van der Waals surface area (Å²) in [5.41, 5.74) is 1.18. The number of amides is 1. The van der Waals surface area contributed by atoms with E-state index in [9.17, 15) is 9.59 Å². The molecule has 0 aliphatic carbocycles. The average Bonchev–Trinajstić information content (AvgIpc) is 2.69. The monoisotopic (exact) mass is 235 g/mol. The van der Waals surface area contributed by atoms with Crippen LogP contribution in [0.5, 0.6) is 5.75 Å². The Morgan fingerprint density at radius 2 is 2.18 bits per heavy atom. The van der Waals surface area contributed by atoms with Crippen LogP contribution in [-0.2, 0) is 0 Å². The van der Waals surface area contributed by atoms with Crippen LogP contribution >= 0.6 is 0 Å². The Morgan fingerprint density at radius 3 is 2.76 bits per heavy atom. The van der Waals surface area contributed by atoms with Gasteiger partial charge in [0, 0.05) is 18.5 Å². The van der Waals surface area contributed by atoms with E-state index in [0.717, 1.165) is 5.56 Å². The van der Waals surface area contributed by atoms with Gasteiger partial charge < -0.3 is 15.2 Å². The van der Waals surface area contributed by atoms with Crippen molar-refractivity contribution in [2.45, 2.75) is 12.8 Å². The Morgan fingerprint density at radius 1 is 1.47 bits per heavy atom. The molecule has 1 aromatic carbocycles. The SMILES string of the molecule is CNC(=O)c1cc(C(=O)O)cc2c1OC[C@H]2C. The van der Waals surface area contributed by atoms with Crippen LogP contribution in [-0.4, -0.2) is 30.6 Å². The molecule has 1 aromatic rings. The lowest BCUT2D eigenvalue weighted by Crippen LogP contribution is -2.19. The van der Waals surface area contributed by atoms with Crippen molar-refractivity contribution in [3.8, 4) is 5.75 Å².